The van der Waals surface area contributed by atoms with E-state index >= 15 is 0 Å². The molecule has 1 unspecified atom stereocenters. The van der Waals surface area contributed by atoms with E-state index in [-0.39, 0.29) is 24.9 Å². The minimum absolute atomic E-state index is 0.0181. The fourth-order valence-electron chi connectivity index (χ4n) is 4.13. The molecule has 0 aliphatic heterocycles. The fourth-order valence-corrected chi connectivity index (χ4v) is 4.13. The molecule has 3 atom stereocenters. The number of nitrogens with one attached hydrogen (secondary N) is 2. The zero-order valence-electron chi connectivity index (χ0n) is 19.6. The molecule has 3 N–H and O–H groups in total. The smallest absolute Gasteiger partial charge is 0.407 e. The summed E-state index contributed by atoms with van der Waals surface area (Å²) in [5.74, 6) is 3.21. The monoisotopic (exact) mass is 462 g/mol. The fraction of sp³-hybridized carbons (Fsp3) is 0.370. The van der Waals surface area contributed by atoms with Crippen molar-refractivity contribution >= 4 is 18.0 Å². The number of carboxylic acids is 1. The Kier molecular flexibility index (Phi) is 8.31. The standard InChI is InChI=1S/C27H30N2O5/c1-4-6-15-23(26(31)32)28-25(30)24(17(3)5-2)29-27(33)34-16-22-20-13-9-7-11-18(20)19-12-8-10-14-21(19)22/h7-14,17,22-24H,5,15-16H2,1-3H3,(H,28,30)(H,29,33)(H,31,32)/t17-,23?,24-/m0/s1. The zero-order valence-corrected chi connectivity index (χ0v) is 19.6. The molecule has 0 saturated carbocycles. The van der Waals surface area contributed by atoms with E-state index in [2.05, 4.69) is 34.6 Å². The molecule has 2 aromatic carbocycles. The van der Waals surface area contributed by atoms with E-state index in [1.807, 2.05) is 50.2 Å². The van der Waals surface area contributed by atoms with Gasteiger partial charge in [-0.05, 0) is 35.1 Å². The van der Waals surface area contributed by atoms with Crippen LogP contribution in [0.15, 0.2) is 48.5 Å². The summed E-state index contributed by atoms with van der Waals surface area (Å²) in [6.45, 7) is 5.43. The Morgan fingerprint density at radius 1 is 1.03 bits per heavy atom. The molecule has 7 nitrogen and oxygen atoms in total. The lowest BCUT2D eigenvalue weighted by Crippen LogP contribution is -2.54. The number of hydrogen-bond acceptors (Lipinski definition) is 4. The highest BCUT2D eigenvalue weighted by molar-refractivity contribution is 5.89. The quantitative estimate of drug-likeness (QED) is 0.490. The van der Waals surface area contributed by atoms with Crippen LogP contribution < -0.4 is 10.6 Å². The van der Waals surface area contributed by atoms with Crippen LogP contribution in [0.2, 0.25) is 0 Å². The van der Waals surface area contributed by atoms with E-state index in [4.69, 9.17) is 4.74 Å². The van der Waals surface area contributed by atoms with Crippen LogP contribution in [0.4, 0.5) is 4.79 Å². The molecule has 7 heteroatoms. The van der Waals surface area contributed by atoms with Gasteiger partial charge in [0, 0.05) is 12.3 Å². The Bertz CT molecular complexity index is 1070. The summed E-state index contributed by atoms with van der Waals surface area (Å²) in [5, 5.41) is 14.5. The number of carboxylic acid groups (broad SMARTS) is 1. The molecule has 0 heterocycles. The van der Waals surface area contributed by atoms with E-state index in [1.54, 1.807) is 6.92 Å². The predicted octanol–water partition coefficient (Wildman–Crippen LogP) is 3.92. The molecule has 178 valence electrons. The molecule has 0 fully saturated rings. The van der Waals surface area contributed by atoms with Gasteiger partial charge in [0.1, 0.15) is 18.7 Å². The van der Waals surface area contributed by atoms with Gasteiger partial charge in [-0.15, -0.1) is 11.8 Å². The highest BCUT2D eigenvalue weighted by atomic mass is 16.5. The van der Waals surface area contributed by atoms with Crippen LogP contribution in [-0.2, 0) is 14.3 Å². The maximum Gasteiger partial charge on any atom is 0.407 e. The Morgan fingerprint density at radius 2 is 1.62 bits per heavy atom. The molecule has 0 aromatic heterocycles. The molecule has 2 amide bonds. The first-order valence-electron chi connectivity index (χ1n) is 11.4. The molecule has 1 aliphatic rings. The van der Waals surface area contributed by atoms with Crippen molar-refractivity contribution < 1.29 is 24.2 Å². The van der Waals surface area contributed by atoms with Crippen molar-refractivity contribution in [3.63, 3.8) is 0 Å². The van der Waals surface area contributed by atoms with Gasteiger partial charge < -0.3 is 20.5 Å². The van der Waals surface area contributed by atoms with Crippen LogP contribution in [0.1, 0.15) is 50.7 Å². The van der Waals surface area contributed by atoms with Crippen LogP contribution >= 0.6 is 0 Å². The van der Waals surface area contributed by atoms with Gasteiger partial charge in [-0.3, -0.25) is 4.79 Å². The molecular formula is C27H30N2O5. The van der Waals surface area contributed by atoms with Crippen molar-refractivity contribution in [3.8, 4) is 23.0 Å². The Morgan fingerprint density at radius 3 is 2.15 bits per heavy atom. The third kappa shape index (κ3) is 5.57. The lowest BCUT2D eigenvalue weighted by atomic mass is 9.97. The van der Waals surface area contributed by atoms with Gasteiger partial charge in [0.25, 0.3) is 0 Å². The van der Waals surface area contributed by atoms with Crippen molar-refractivity contribution in [2.45, 2.75) is 51.6 Å². The molecule has 0 spiro atoms. The van der Waals surface area contributed by atoms with Crippen LogP contribution in [0.3, 0.4) is 0 Å². The summed E-state index contributed by atoms with van der Waals surface area (Å²) in [7, 11) is 0. The van der Waals surface area contributed by atoms with Crippen LogP contribution in [-0.4, -0.2) is 41.8 Å². The highest BCUT2D eigenvalue weighted by Crippen LogP contribution is 2.44. The first-order chi connectivity index (χ1) is 16.4. The summed E-state index contributed by atoms with van der Waals surface area (Å²) in [6, 6.07) is 14.0. The third-order valence-electron chi connectivity index (χ3n) is 6.21. The second kappa shape index (κ2) is 11.4. The van der Waals surface area contributed by atoms with Gasteiger partial charge in [0.2, 0.25) is 5.91 Å². The summed E-state index contributed by atoms with van der Waals surface area (Å²) in [4.78, 5) is 37.0. The number of ether oxygens (including phenoxy) is 1. The summed E-state index contributed by atoms with van der Waals surface area (Å²) in [6.07, 6.45) is -0.133. The molecule has 3 rings (SSSR count). The van der Waals surface area contributed by atoms with Gasteiger partial charge >= 0.3 is 12.1 Å². The number of carbonyl (C=O) groups excluding carboxylic acids is 2. The average molecular weight is 463 g/mol. The lowest BCUT2D eigenvalue weighted by molar-refractivity contribution is -0.142. The number of carbonyl (C=O) groups is 3. The van der Waals surface area contributed by atoms with Crippen molar-refractivity contribution in [3.05, 3.63) is 59.7 Å². The SMILES string of the molecule is CC#CCC(NC(=O)[C@@H](NC(=O)OCC1c2ccccc2-c2ccccc21)[C@@H](C)CC)C(=O)O. The van der Waals surface area contributed by atoms with Gasteiger partial charge in [0.05, 0.1) is 0 Å². The van der Waals surface area contributed by atoms with Crippen molar-refractivity contribution in [1.29, 1.82) is 0 Å². The Labute approximate surface area is 199 Å². The molecule has 2 aromatic rings. The third-order valence-corrected chi connectivity index (χ3v) is 6.21. The van der Waals surface area contributed by atoms with Crippen LogP contribution in [0.25, 0.3) is 11.1 Å². The van der Waals surface area contributed by atoms with E-state index in [9.17, 15) is 19.5 Å². The average Bonchev–Trinajstić information content (AvgIpc) is 3.16. The van der Waals surface area contributed by atoms with E-state index in [0.717, 1.165) is 22.3 Å². The summed E-state index contributed by atoms with van der Waals surface area (Å²) in [5.41, 5.74) is 4.43. The van der Waals surface area contributed by atoms with Crippen molar-refractivity contribution in [1.82, 2.24) is 10.6 Å². The van der Waals surface area contributed by atoms with Gasteiger partial charge in [-0.2, -0.15) is 0 Å². The number of hydrogen-bond donors (Lipinski definition) is 3. The largest absolute Gasteiger partial charge is 0.480 e. The number of fused-ring (bicyclic) bond motifs is 3. The number of rotatable bonds is 9. The van der Waals surface area contributed by atoms with Gasteiger partial charge in [0.15, 0.2) is 0 Å². The molecule has 0 bridgehead atoms. The second-order valence-corrected chi connectivity index (χ2v) is 8.36. The summed E-state index contributed by atoms with van der Waals surface area (Å²) < 4.78 is 5.56. The van der Waals surface area contributed by atoms with E-state index in [1.165, 1.54) is 0 Å². The number of benzene rings is 2. The van der Waals surface area contributed by atoms with E-state index < -0.39 is 30.1 Å². The normalized spacial score (nSPS) is 14.4. The minimum Gasteiger partial charge on any atom is -0.480 e. The maximum atomic E-state index is 12.9. The lowest BCUT2D eigenvalue weighted by Gasteiger charge is -2.25. The Balaban J connectivity index is 1.68. The predicted molar refractivity (Wildman–Crippen MR) is 129 cm³/mol. The second-order valence-electron chi connectivity index (χ2n) is 8.36. The first-order valence-corrected chi connectivity index (χ1v) is 11.4. The van der Waals surface area contributed by atoms with Gasteiger partial charge in [-0.25, -0.2) is 9.59 Å². The van der Waals surface area contributed by atoms with E-state index in [0.29, 0.717) is 6.42 Å². The summed E-state index contributed by atoms with van der Waals surface area (Å²) >= 11 is 0. The molecule has 34 heavy (non-hydrogen) atoms. The highest BCUT2D eigenvalue weighted by Gasteiger charge is 2.32. The molecule has 0 radical (unpaired) electrons. The van der Waals surface area contributed by atoms with Crippen molar-refractivity contribution in [2.24, 2.45) is 5.92 Å². The molecule has 1 aliphatic carbocycles. The van der Waals surface area contributed by atoms with Crippen LogP contribution in [0.5, 0.6) is 0 Å². The topological polar surface area (TPSA) is 105 Å². The molecular weight excluding hydrogens is 432 g/mol. The maximum absolute atomic E-state index is 12.9. The zero-order chi connectivity index (χ0) is 24.7. The number of amides is 2. The first kappa shape index (κ1) is 24.8. The minimum atomic E-state index is -1.18. The van der Waals surface area contributed by atoms with Crippen molar-refractivity contribution in [2.75, 3.05) is 6.61 Å². The molecule has 0 saturated heterocycles. The van der Waals surface area contributed by atoms with Gasteiger partial charge in [-0.1, -0.05) is 68.8 Å². The number of aliphatic carboxylic acids is 1. The number of alkyl carbamates (subject to hydrolysis) is 1. The van der Waals surface area contributed by atoms with Crippen LogP contribution in [0, 0.1) is 17.8 Å². The Hall–Kier alpha value is -3.79.